The average Bonchev–Trinajstić information content (AvgIpc) is 3.58. The first kappa shape index (κ1) is 32.8. The van der Waals surface area contributed by atoms with Gasteiger partial charge in [-0.15, -0.1) is 0 Å². The number of pyridine rings is 2. The molecule has 4 aromatic carbocycles. The number of phenolic OH excluding ortho intramolecular Hbond substituents is 1. The van der Waals surface area contributed by atoms with Crippen LogP contribution >= 0.6 is 0 Å². The molecule has 5 heteroatoms. The largest absolute Gasteiger partial charge is 0.507 e. The SMILES string of the molecule is CC(C)(C)c1ccnc(-n2c3ccccc3c3cc4c5ccccc5n(-c5cc(C(C)(C)C)cc(-c6cc(C(C)(C)C)ccc6O)n5)c4cc32)c1. The smallest absolute Gasteiger partial charge is 0.138 e. The van der Waals surface area contributed by atoms with Crippen LogP contribution in [0.2, 0.25) is 0 Å². The van der Waals surface area contributed by atoms with Gasteiger partial charge in [0.25, 0.3) is 0 Å². The van der Waals surface area contributed by atoms with Crippen molar-refractivity contribution < 1.29 is 5.11 Å². The Morgan fingerprint density at radius 2 is 1.00 bits per heavy atom. The molecule has 4 heterocycles. The van der Waals surface area contributed by atoms with Crippen LogP contribution in [0.5, 0.6) is 5.75 Å². The molecule has 0 fully saturated rings. The molecule has 0 atom stereocenters. The lowest BCUT2D eigenvalue weighted by Gasteiger charge is -2.23. The molecule has 1 N–H and O–H groups in total. The van der Waals surface area contributed by atoms with E-state index in [9.17, 15) is 5.11 Å². The Morgan fingerprint density at radius 3 is 1.59 bits per heavy atom. The van der Waals surface area contributed by atoms with Crippen molar-refractivity contribution in [2.75, 3.05) is 0 Å². The Morgan fingerprint density at radius 1 is 0.471 bits per heavy atom. The van der Waals surface area contributed by atoms with Crippen LogP contribution in [0.4, 0.5) is 0 Å². The highest BCUT2D eigenvalue weighted by Crippen LogP contribution is 2.41. The second-order valence-electron chi connectivity index (χ2n) is 17.1. The maximum atomic E-state index is 11.3. The Labute approximate surface area is 300 Å². The molecule has 4 aromatic heterocycles. The number of rotatable bonds is 3. The summed E-state index contributed by atoms with van der Waals surface area (Å²) in [6, 6.07) is 36.5. The molecule has 0 saturated heterocycles. The van der Waals surface area contributed by atoms with E-state index in [1.54, 1.807) is 6.07 Å². The minimum Gasteiger partial charge on any atom is -0.507 e. The lowest BCUT2D eigenvalue weighted by molar-refractivity contribution is 0.476. The maximum Gasteiger partial charge on any atom is 0.138 e. The lowest BCUT2D eigenvalue weighted by atomic mass is 9.84. The van der Waals surface area contributed by atoms with Crippen molar-refractivity contribution in [1.29, 1.82) is 0 Å². The van der Waals surface area contributed by atoms with E-state index in [4.69, 9.17) is 9.97 Å². The zero-order valence-corrected chi connectivity index (χ0v) is 31.1. The highest BCUT2D eigenvalue weighted by Gasteiger charge is 2.24. The summed E-state index contributed by atoms with van der Waals surface area (Å²) in [5, 5.41) is 16.0. The summed E-state index contributed by atoms with van der Waals surface area (Å²) in [5.41, 5.74) is 9.14. The molecule has 256 valence electrons. The van der Waals surface area contributed by atoms with E-state index < -0.39 is 0 Å². The Kier molecular flexibility index (Phi) is 7.26. The highest BCUT2D eigenvalue weighted by molar-refractivity contribution is 6.19. The van der Waals surface area contributed by atoms with Gasteiger partial charge in [0.05, 0.1) is 27.8 Å². The van der Waals surface area contributed by atoms with E-state index in [1.807, 2.05) is 12.3 Å². The van der Waals surface area contributed by atoms with Gasteiger partial charge in [-0.3, -0.25) is 9.13 Å². The number of aromatic nitrogens is 4. The van der Waals surface area contributed by atoms with Gasteiger partial charge in [-0.25, -0.2) is 9.97 Å². The van der Waals surface area contributed by atoms with Gasteiger partial charge >= 0.3 is 0 Å². The highest BCUT2D eigenvalue weighted by atomic mass is 16.3. The van der Waals surface area contributed by atoms with Gasteiger partial charge in [0.15, 0.2) is 0 Å². The van der Waals surface area contributed by atoms with Gasteiger partial charge in [0.1, 0.15) is 17.4 Å². The fraction of sp³-hybridized carbons (Fsp3) is 0.261. The van der Waals surface area contributed by atoms with Gasteiger partial charge in [-0.05, 0) is 93.6 Å². The minimum atomic E-state index is -0.161. The molecule has 8 rings (SSSR count). The summed E-state index contributed by atoms with van der Waals surface area (Å²) in [7, 11) is 0. The van der Waals surface area contributed by atoms with Crippen molar-refractivity contribution in [3.05, 3.63) is 126 Å². The first-order valence-electron chi connectivity index (χ1n) is 17.9. The fourth-order valence-electron chi connectivity index (χ4n) is 7.34. The zero-order chi connectivity index (χ0) is 36.0. The molecule has 0 bridgehead atoms. The summed E-state index contributed by atoms with van der Waals surface area (Å²) in [5.74, 6) is 1.95. The number of aromatic hydroxyl groups is 1. The normalized spacial score (nSPS) is 12.9. The lowest BCUT2D eigenvalue weighted by Crippen LogP contribution is -2.14. The van der Waals surface area contributed by atoms with Crippen molar-refractivity contribution >= 4 is 43.6 Å². The third-order valence-corrected chi connectivity index (χ3v) is 10.4. The predicted octanol–water partition coefficient (Wildman–Crippen LogP) is 11.9. The van der Waals surface area contributed by atoms with Crippen LogP contribution in [0.3, 0.4) is 0 Å². The molecule has 5 nitrogen and oxygen atoms in total. The summed E-state index contributed by atoms with van der Waals surface area (Å²) < 4.78 is 4.61. The number of phenols is 1. The van der Waals surface area contributed by atoms with Crippen LogP contribution < -0.4 is 0 Å². The van der Waals surface area contributed by atoms with Gasteiger partial charge < -0.3 is 5.11 Å². The minimum absolute atomic E-state index is 0.0155. The van der Waals surface area contributed by atoms with E-state index >= 15 is 0 Å². The summed E-state index contributed by atoms with van der Waals surface area (Å²) >= 11 is 0. The summed E-state index contributed by atoms with van der Waals surface area (Å²) in [6.07, 6.45) is 1.93. The molecule has 51 heavy (non-hydrogen) atoms. The third-order valence-electron chi connectivity index (χ3n) is 10.4. The standard InChI is InChI=1S/C46H46N4O/c1-44(2,3)28-18-19-41(51)35(22-28)36-23-30(46(7,8)9)25-43(48-36)50-38-17-13-11-15-32(38)34-26-33-31-14-10-12-16-37(31)49(39(33)27-40(34)50)42-24-29(20-21-47-42)45(4,5)6/h10-27,51H,1-9H3. The molecule has 8 aromatic rings. The average molecular weight is 671 g/mol. The number of nitrogens with zero attached hydrogens (tertiary/aromatic N) is 4. The maximum absolute atomic E-state index is 11.3. The first-order valence-corrected chi connectivity index (χ1v) is 17.9. The van der Waals surface area contributed by atoms with E-state index in [-0.39, 0.29) is 22.0 Å². The number of benzene rings is 4. The Balaban J connectivity index is 1.47. The van der Waals surface area contributed by atoms with Crippen molar-refractivity contribution in [1.82, 2.24) is 19.1 Å². The summed E-state index contributed by atoms with van der Waals surface area (Å²) in [6.45, 7) is 20.0. The van der Waals surface area contributed by atoms with E-state index in [2.05, 4.69) is 162 Å². The zero-order valence-electron chi connectivity index (χ0n) is 31.1. The predicted molar refractivity (Wildman–Crippen MR) is 214 cm³/mol. The Bertz CT molecular complexity index is 2650. The second-order valence-corrected chi connectivity index (χ2v) is 17.1. The summed E-state index contributed by atoms with van der Waals surface area (Å²) in [4.78, 5) is 10.3. The number of para-hydroxylation sites is 2. The fourth-order valence-corrected chi connectivity index (χ4v) is 7.34. The van der Waals surface area contributed by atoms with E-state index in [0.717, 1.165) is 56.1 Å². The van der Waals surface area contributed by atoms with Crippen LogP contribution in [0.1, 0.15) is 79.0 Å². The first-order chi connectivity index (χ1) is 24.1. The molecule has 0 unspecified atom stereocenters. The van der Waals surface area contributed by atoms with Crippen molar-refractivity contribution in [3.63, 3.8) is 0 Å². The van der Waals surface area contributed by atoms with Gasteiger partial charge in [-0.1, -0.05) is 105 Å². The molecule has 0 spiro atoms. The van der Waals surface area contributed by atoms with Gasteiger partial charge in [0, 0.05) is 33.3 Å². The van der Waals surface area contributed by atoms with Crippen LogP contribution in [0.15, 0.2) is 109 Å². The Hall–Kier alpha value is -5.42. The molecular weight excluding hydrogens is 625 g/mol. The molecule has 0 aliphatic heterocycles. The quantitative estimate of drug-likeness (QED) is 0.203. The molecule has 0 aliphatic carbocycles. The molecule has 0 saturated carbocycles. The number of hydrogen-bond acceptors (Lipinski definition) is 3. The van der Waals surface area contributed by atoms with Crippen molar-refractivity contribution in [2.24, 2.45) is 0 Å². The third kappa shape index (κ3) is 5.47. The second kappa shape index (κ2) is 11.3. The van der Waals surface area contributed by atoms with Crippen LogP contribution in [-0.4, -0.2) is 24.2 Å². The van der Waals surface area contributed by atoms with E-state index in [0.29, 0.717) is 0 Å². The molecular formula is C46H46N4O. The van der Waals surface area contributed by atoms with Gasteiger partial charge in [0.2, 0.25) is 0 Å². The topological polar surface area (TPSA) is 55.9 Å². The van der Waals surface area contributed by atoms with Crippen molar-refractivity contribution in [2.45, 2.75) is 78.6 Å². The number of hydrogen-bond donors (Lipinski definition) is 1. The molecule has 0 amide bonds. The number of fused-ring (bicyclic) bond motifs is 6. The van der Waals surface area contributed by atoms with Gasteiger partial charge in [-0.2, -0.15) is 0 Å². The van der Waals surface area contributed by atoms with E-state index in [1.165, 1.54) is 27.1 Å². The van der Waals surface area contributed by atoms with Crippen LogP contribution in [0, 0.1) is 0 Å². The molecule has 0 radical (unpaired) electrons. The van der Waals surface area contributed by atoms with Crippen LogP contribution in [-0.2, 0) is 16.2 Å². The van der Waals surface area contributed by atoms with Crippen molar-refractivity contribution in [3.8, 4) is 28.6 Å². The monoisotopic (exact) mass is 670 g/mol. The molecule has 0 aliphatic rings. The van der Waals surface area contributed by atoms with Crippen LogP contribution in [0.25, 0.3) is 66.5 Å².